The molecule has 3 aromatic rings. The van der Waals surface area contributed by atoms with Crippen molar-refractivity contribution in [3.8, 4) is 11.1 Å². The molecule has 1 amide bonds. The van der Waals surface area contributed by atoms with Crippen molar-refractivity contribution in [2.24, 2.45) is 4.99 Å². The van der Waals surface area contributed by atoms with Gasteiger partial charge in [-0.25, -0.2) is 0 Å². The number of hydrogen-bond acceptors (Lipinski definition) is 2. The van der Waals surface area contributed by atoms with E-state index in [-0.39, 0.29) is 5.91 Å². The van der Waals surface area contributed by atoms with Crippen LogP contribution in [0.2, 0.25) is 5.02 Å². The van der Waals surface area contributed by atoms with E-state index in [4.69, 9.17) is 16.3 Å². The maximum atomic E-state index is 12.6. The third-order valence-electron chi connectivity index (χ3n) is 4.79. The number of aliphatic imine (C=N–C) groups is 1. The number of ether oxygens (including phenoxy) is 1. The van der Waals surface area contributed by atoms with Gasteiger partial charge in [0, 0.05) is 23.7 Å². The van der Waals surface area contributed by atoms with E-state index in [1.807, 2.05) is 29.2 Å². The number of hydrogen-bond donors (Lipinski definition) is 0. The van der Waals surface area contributed by atoms with Crippen molar-refractivity contribution in [3.63, 3.8) is 0 Å². The summed E-state index contributed by atoms with van der Waals surface area (Å²) in [5, 5.41) is 0.577. The van der Waals surface area contributed by atoms with E-state index in [0.717, 1.165) is 11.1 Å². The molecular formula is C23H19ClN2O2. The molecule has 3 aromatic carbocycles. The highest BCUT2D eigenvalue weighted by Crippen LogP contribution is 2.32. The van der Waals surface area contributed by atoms with Gasteiger partial charge in [-0.2, -0.15) is 4.99 Å². The predicted octanol–water partition coefficient (Wildman–Crippen LogP) is 5.17. The van der Waals surface area contributed by atoms with Gasteiger partial charge >= 0.3 is 0 Å². The van der Waals surface area contributed by atoms with Gasteiger partial charge in [0.05, 0.1) is 7.11 Å². The van der Waals surface area contributed by atoms with Gasteiger partial charge in [-0.15, -0.1) is 0 Å². The van der Waals surface area contributed by atoms with Crippen LogP contribution < -0.4 is 0 Å². The van der Waals surface area contributed by atoms with E-state index in [0.29, 0.717) is 29.7 Å². The van der Waals surface area contributed by atoms with E-state index >= 15 is 0 Å². The summed E-state index contributed by atoms with van der Waals surface area (Å²) in [7, 11) is 1.54. The Balaban J connectivity index is 1.71. The number of rotatable bonds is 1. The quantitative estimate of drug-likeness (QED) is 0.425. The fourth-order valence-corrected chi connectivity index (χ4v) is 3.56. The Hall–Kier alpha value is -3.11. The van der Waals surface area contributed by atoms with Crippen LogP contribution in [-0.2, 0) is 17.8 Å². The largest absolute Gasteiger partial charge is 0.468 e. The van der Waals surface area contributed by atoms with Gasteiger partial charge in [-0.3, -0.25) is 4.79 Å². The molecule has 0 N–H and O–H groups in total. The molecular weight excluding hydrogens is 372 g/mol. The number of nitrogens with zero attached hydrogens (tertiary/aromatic N) is 2. The molecule has 0 saturated carbocycles. The van der Waals surface area contributed by atoms with Gasteiger partial charge in [0.15, 0.2) is 0 Å². The van der Waals surface area contributed by atoms with Crippen molar-refractivity contribution < 1.29 is 9.53 Å². The zero-order chi connectivity index (χ0) is 19.5. The molecule has 5 heteroatoms. The third kappa shape index (κ3) is 3.64. The number of benzene rings is 3. The van der Waals surface area contributed by atoms with E-state index in [2.05, 4.69) is 29.3 Å². The summed E-state index contributed by atoms with van der Waals surface area (Å²) in [6, 6.07) is 23.5. The number of amides is 1. The van der Waals surface area contributed by atoms with Crippen LogP contribution in [0.3, 0.4) is 0 Å². The van der Waals surface area contributed by atoms with Crippen molar-refractivity contribution >= 4 is 23.5 Å². The number of carbonyl (C=O) groups excluding carboxylic acids is 1. The Morgan fingerprint density at radius 2 is 1.43 bits per heavy atom. The molecule has 0 atom stereocenters. The standard InChI is InChI=1S/C23H19ClN2O2/c1-28-23(25-22(27)16-10-12-19(24)13-11-16)26-14-17-6-2-4-8-20(17)21-9-5-3-7-18(21)15-26/h2-13H,14-15H2,1H3/b25-23-. The Morgan fingerprint density at radius 1 is 0.893 bits per heavy atom. The zero-order valence-electron chi connectivity index (χ0n) is 15.4. The highest BCUT2D eigenvalue weighted by molar-refractivity contribution is 6.30. The number of fused-ring (bicyclic) bond motifs is 3. The normalized spacial score (nSPS) is 13.4. The summed E-state index contributed by atoms with van der Waals surface area (Å²) >= 11 is 5.90. The Labute approximate surface area is 169 Å². The first-order valence-corrected chi connectivity index (χ1v) is 9.37. The summed E-state index contributed by atoms with van der Waals surface area (Å²) < 4.78 is 5.52. The fourth-order valence-electron chi connectivity index (χ4n) is 3.43. The average molecular weight is 391 g/mol. The molecule has 0 spiro atoms. The SMILES string of the molecule is CO/C(=N\C(=O)c1ccc(Cl)cc1)N1Cc2ccccc2-c2ccccc2C1. The Morgan fingerprint density at radius 3 is 1.96 bits per heavy atom. The maximum absolute atomic E-state index is 12.6. The molecule has 140 valence electrons. The number of amidine groups is 1. The minimum Gasteiger partial charge on any atom is -0.468 e. The van der Waals surface area contributed by atoms with Crippen LogP contribution in [0.1, 0.15) is 21.5 Å². The lowest BCUT2D eigenvalue weighted by molar-refractivity contribution is 0.0995. The summed E-state index contributed by atoms with van der Waals surface area (Å²) in [6.45, 7) is 1.21. The molecule has 4 nitrogen and oxygen atoms in total. The van der Waals surface area contributed by atoms with Gasteiger partial charge in [0.2, 0.25) is 0 Å². The topological polar surface area (TPSA) is 41.9 Å². The molecule has 0 aliphatic carbocycles. The first-order chi connectivity index (χ1) is 13.7. The highest BCUT2D eigenvalue weighted by atomic mass is 35.5. The predicted molar refractivity (Wildman–Crippen MR) is 111 cm³/mol. The first kappa shape index (κ1) is 18.3. The molecule has 0 fully saturated rings. The number of halogens is 1. The minimum atomic E-state index is -0.362. The monoisotopic (exact) mass is 390 g/mol. The van der Waals surface area contributed by atoms with Gasteiger partial charge in [0.25, 0.3) is 11.9 Å². The van der Waals surface area contributed by atoms with Gasteiger partial charge in [-0.05, 0) is 46.5 Å². The maximum Gasteiger partial charge on any atom is 0.295 e. The molecule has 1 aliphatic heterocycles. The highest BCUT2D eigenvalue weighted by Gasteiger charge is 2.22. The second-order valence-corrected chi connectivity index (χ2v) is 7.02. The van der Waals surface area contributed by atoms with Crippen molar-refractivity contribution in [2.75, 3.05) is 7.11 Å². The molecule has 0 unspecified atom stereocenters. The second-order valence-electron chi connectivity index (χ2n) is 6.58. The lowest BCUT2D eigenvalue weighted by Gasteiger charge is -2.23. The van der Waals surface area contributed by atoms with Crippen molar-refractivity contribution in [1.29, 1.82) is 0 Å². The van der Waals surface area contributed by atoms with E-state index in [9.17, 15) is 4.79 Å². The molecule has 4 rings (SSSR count). The lowest BCUT2D eigenvalue weighted by Crippen LogP contribution is -2.31. The van der Waals surface area contributed by atoms with Crippen LogP contribution in [0.4, 0.5) is 0 Å². The zero-order valence-corrected chi connectivity index (χ0v) is 16.2. The van der Waals surface area contributed by atoms with Crippen molar-refractivity contribution in [1.82, 2.24) is 4.90 Å². The van der Waals surface area contributed by atoms with Gasteiger partial charge in [-0.1, -0.05) is 60.1 Å². The smallest absolute Gasteiger partial charge is 0.295 e. The van der Waals surface area contributed by atoms with Crippen molar-refractivity contribution in [2.45, 2.75) is 13.1 Å². The van der Waals surface area contributed by atoms with Crippen LogP contribution >= 0.6 is 11.6 Å². The summed E-state index contributed by atoms with van der Waals surface area (Å²) in [5.41, 5.74) is 5.18. The molecule has 1 aliphatic rings. The summed E-state index contributed by atoms with van der Waals surface area (Å²) in [4.78, 5) is 18.8. The first-order valence-electron chi connectivity index (χ1n) is 8.99. The molecule has 28 heavy (non-hydrogen) atoms. The number of carbonyl (C=O) groups is 1. The third-order valence-corrected chi connectivity index (χ3v) is 5.04. The molecule has 0 saturated heterocycles. The minimum absolute atomic E-state index is 0.298. The van der Waals surface area contributed by atoms with Gasteiger partial charge in [0.1, 0.15) is 0 Å². The molecule has 0 bridgehead atoms. The molecule has 0 radical (unpaired) electrons. The summed E-state index contributed by atoms with van der Waals surface area (Å²) in [5.74, 6) is -0.362. The average Bonchev–Trinajstić information content (AvgIpc) is 2.89. The van der Waals surface area contributed by atoms with Gasteiger partial charge < -0.3 is 9.64 Å². The second kappa shape index (κ2) is 7.87. The molecule has 1 heterocycles. The van der Waals surface area contributed by atoms with E-state index < -0.39 is 0 Å². The number of methoxy groups -OCH3 is 1. The summed E-state index contributed by atoms with van der Waals surface area (Å²) in [6.07, 6.45) is 0. The van der Waals surface area contributed by atoms with Crippen molar-refractivity contribution in [3.05, 3.63) is 94.5 Å². The Kier molecular flexibility index (Phi) is 5.13. The lowest BCUT2D eigenvalue weighted by atomic mass is 9.97. The van der Waals surface area contributed by atoms with Crippen LogP contribution in [0.5, 0.6) is 0 Å². The van der Waals surface area contributed by atoms with Crippen LogP contribution in [0, 0.1) is 0 Å². The van der Waals surface area contributed by atoms with Crippen LogP contribution in [0.15, 0.2) is 77.8 Å². The van der Waals surface area contributed by atoms with E-state index in [1.165, 1.54) is 18.2 Å². The van der Waals surface area contributed by atoms with Crippen LogP contribution in [-0.4, -0.2) is 23.9 Å². The Bertz CT molecular complexity index is 997. The fraction of sp³-hybridized carbons (Fsp3) is 0.130. The molecule has 0 aromatic heterocycles. The van der Waals surface area contributed by atoms with E-state index in [1.54, 1.807) is 24.3 Å². The van der Waals surface area contributed by atoms with Crippen LogP contribution in [0.25, 0.3) is 11.1 Å².